The minimum atomic E-state index is -0.187. The van der Waals surface area contributed by atoms with Crippen LogP contribution < -0.4 is 10.7 Å². The number of amides is 1. The van der Waals surface area contributed by atoms with E-state index in [1.54, 1.807) is 17.6 Å². The number of nitrogens with one attached hydrogen (secondary N) is 2. The van der Waals surface area contributed by atoms with E-state index in [1.807, 2.05) is 41.8 Å². The Kier molecular flexibility index (Phi) is 5.11. The summed E-state index contributed by atoms with van der Waals surface area (Å²) in [4.78, 5) is 12.5. The highest BCUT2D eigenvalue weighted by Gasteiger charge is 1.99. The number of hydrogen-bond acceptors (Lipinski definition) is 4. The summed E-state index contributed by atoms with van der Waals surface area (Å²) in [5, 5.41) is 8.85. The van der Waals surface area contributed by atoms with E-state index in [1.165, 1.54) is 0 Å². The molecule has 0 unspecified atom stereocenters. The zero-order chi connectivity index (χ0) is 13.5. The third kappa shape index (κ3) is 4.84. The zero-order valence-corrected chi connectivity index (χ0v) is 12.4. The highest BCUT2D eigenvalue weighted by atomic mass is 79.9. The number of hydrazone groups is 1. The van der Waals surface area contributed by atoms with Gasteiger partial charge in [-0.3, -0.25) is 4.79 Å². The van der Waals surface area contributed by atoms with Crippen molar-refractivity contribution >= 4 is 45.1 Å². The molecule has 0 fully saturated rings. The smallest absolute Gasteiger partial charge is 0.259 e. The van der Waals surface area contributed by atoms with Crippen molar-refractivity contribution < 1.29 is 4.79 Å². The van der Waals surface area contributed by atoms with E-state index < -0.39 is 0 Å². The van der Waals surface area contributed by atoms with Gasteiger partial charge in [0.25, 0.3) is 5.91 Å². The lowest BCUT2D eigenvalue weighted by molar-refractivity contribution is -0.119. The van der Waals surface area contributed by atoms with Crippen molar-refractivity contribution in [2.45, 2.75) is 0 Å². The fourth-order valence-corrected chi connectivity index (χ4v) is 2.34. The average Bonchev–Trinajstić information content (AvgIpc) is 2.90. The Morgan fingerprint density at radius 1 is 1.37 bits per heavy atom. The van der Waals surface area contributed by atoms with Crippen molar-refractivity contribution in [1.82, 2.24) is 5.43 Å². The molecule has 0 aliphatic rings. The topological polar surface area (TPSA) is 53.5 Å². The van der Waals surface area contributed by atoms with Crippen LogP contribution in [0.15, 0.2) is 51.4 Å². The van der Waals surface area contributed by atoms with Crippen molar-refractivity contribution in [3.8, 4) is 0 Å². The molecule has 2 N–H and O–H groups in total. The van der Waals surface area contributed by atoms with Crippen LogP contribution in [0.2, 0.25) is 0 Å². The van der Waals surface area contributed by atoms with Gasteiger partial charge in [0.2, 0.25) is 0 Å². The Hall–Kier alpha value is -1.66. The van der Waals surface area contributed by atoms with Gasteiger partial charge in [0.15, 0.2) is 0 Å². The molecule has 1 aromatic carbocycles. The van der Waals surface area contributed by atoms with Crippen molar-refractivity contribution in [1.29, 1.82) is 0 Å². The number of carbonyl (C=O) groups excluding carboxylic acids is 1. The second kappa shape index (κ2) is 7.06. The molecule has 0 radical (unpaired) electrons. The van der Waals surface area contributed by atoms with E-state index in [2.05, 4.69) is 31.8 Å². The predicted octanol–water partition coefficient (Wildman–Crippen LogP) is 3.07. The molecule has 0 atom stereocenters. The Balaban J connectivity index is 1.76. The summed E-state index contributed by atoms with van der Waals surface area (Å²) >= 11 is 4.94. The Morgan fingerprint density at radius 3 is 3.00 bits per heavy atom. The van der Waals surface area contributed by atoms with Crippen LogP contribution in [0.1, 0.15) is 4.88 Å². The first kappa shape index (κ1) is 13.8. The highest BCUT2D eigenvalue weighted by molar-refractivity contribution is 9.10. The minimum Gasteiger partial charge on any atom is -0.376 e. The molecule has 19 heavy (non-hydrogen) atoms. The maximum absolute atomic E-state index is 11.5. The molecule has 0 aliphatic heterocycles. The standard InChI is InChI=1S/C13H12BrN3OS/c14-10-3-1-4-11(7-10)15-9-13(18)17-16-8-12-5-2-6-19-12/h1-8,15H,9H2,(H,17,18)/b16-8+. The number of rotatable bonds is 5. The van der Waals surface area contributed by atoms with Gasteiger partial charge in [-0.1, -0.05) is 28.1 Å². The molecular formula is C13H12BrN3OS. The molecule has 1 heterocycles. The zero-order valence-electron chi connectivity index (χ0n) is 9.97. The summed E-state index contributed by atoms with van der Waals surface area (Å²) < 4.78 is 0.966. The fraction of sp³-hybridized carbons (Fsp3) is 0.0769. The molecule has 2 rings (SSSR count). The van der Waals surface area contributed by atoms with Gasteiger partial charge in [-0.05, 0) is 29.6 Å². The third-order valence-electron chi connectivity index (χ3n) is 2.20. The molecule has 2 aromatic rings. The number of hydrogen-bond donors (Lipinski definition) is 2. The summed E-state index contributed by atoms with van der Waals surface area (Å²) in [6.07, 6.45) is 1.63. The van der Waals surface area contributed by atoms with Crippen LogP contribution >= 0.6 is 27.3 Å². The number of benzene rings is 1. The largest absolute Gasteiger partial charge is 0.376 e. The molecule has 0 saturated carbocycles. The lowest BCUT2D eigenvalue weighted by atomic mass is 10.3. The van der Waals surface area contributed by atoms with Crippen LogP contribution in [0.5, 0.6) is 0 Å². The normalized spacial score (nSPS) is 10.6. The average molecular weight is 338 g/mol. The van der Waals surface area contributed by atoms with Gasteiger partial charge < -0.3 is 5.32 Å². The van der Waals surface area contributed by atoms with Gasteiger partial charge in [0.05, 0.1) is 12.8 Å². The fourth-order valence-electron chi connectivity index (χ4n) is 1.35. The lowest BCUT2D eigenvalue weighted by Gasteiger charge is -2.05. The van der Waals surface area contributed by atoms with Crippen molar-refractivity contribution in [3.05, 3.63) is 51.1 Å². The molecule has 0 aliphatic carbocycles. The number of nitrogens with zero attached hydrogens (tertiary/aromatic N) is 1. The second-order valence-electron chi connectivity index (χ2n) is 3.67. The SMILES string of the molecule is O=C(CNc1cccc(Br)c1)N/N=C/c1cccs1. The minimum absolute atomic E-state index is 0.179. The van der Waals surface area contributed by atoms with Gasteiger partial charge in [0, 0.05) is 15.0 Å². The molecule has 0 bridgehead atoms. The monoisotopic (exact) mass is 337 g/mol. The molecule has 6 heteroatoms. The summed E-state index contributed by atoms with van der Waals surface area (Å²) in [5.74, 6) is -0.187. The van der Waals surface area contributed by atoms with Gasteiger partial charge in [-0.2, -0.15) is 5.10 Å². The van der Waals surface area contributed by atoms with Crippen LogP contribution in [0.4, 0.5) is 5.69 Å². The van der Waals surface area contributed by atoms with E-state index >= 15 is 0 Å². The Morgan fingerprint density at radius 2 is 2.26 bits per heavy atom. The molecule has 1 aromatic heterocycles. The summed E-state index contributed by atoms with van der Waals surface area (Å²) in [5.41, 5.74) is 3.35. The number of carbonyl (C=O) groups is 1. The summed E-state index contributed by atoms with van der Waals surface area (Å²) in [6.45, 7) is 0.179. The highest BCUT2D eigenvalue weighted by Crippen LogP contribution is 2.15. The number of anilines is 1. The van der Waals surface area contributed by atoms with Gasteiger partial charge in [0.1, 0.15) is 0 Å². The molecule has 4 nitrogen and oxygen atoms in total. The molecular weight excluding hydrogens is 326 g/mol. The number of halogens is 1. The maximum Gasteiger partial charge on any atom is 0.259 e. The third-order valence-corrected chi connectivity index (χ3v) is 3.50. The predicted molar refractivity (Wildman–Crippen MR) is 82.7 cm³/mol. The van der Waals surface area contributed by atoms with Crippen LogP contribution in [-0.2, 0) is 4.79 Å². The van der Waals surface area contributed by atoms with E-state index in [9.17, 15) is 4.79 Å². The molecule has 0 spiro atoms. The Bertz CT molecular complexity index is 569. The van der Waals surface area contributed by atoms with Gasteiger partial charge >= 0.3 is 0 Å². The number of thiophene rings is 1. The Labute approximate surface area is 123 Å². The van der Waals surface area contributed by atoms with Crippen LogP contribution in [0.25, 0.3) is 0 Å². The van der Waals surface area contributed by atoms with E-state index in [0.29, 0.717) is 0 Å². The first-order valence-corrected chi connectivity index (χ1v) is 7.26. The molecule has 0 saturated heterocycles. The summed E-state index contributed by atoms with van der Waals surface area (Å²) in [7, 11) is 0. The van der Waals surface area contributed by atoms with Crippen molar-refractivity contribution in [2.75, 3.05) is 11.9 Å². The first-order chi connectivity index (χ1) is 9.24. The van der Waals surface area contributed by atoms with Gasteiger partial charge in [-0.15, -0.1) is 11.3 Å². The summed E-state index contributed by atoms with van der Waals surface area (Å²) in [6, 6.07) is 11.5. The van der Waals surface area contributed by atoms with E-state index in [-0.39, 0.29) is 12.5 Å². The maximum atomic E-state index is 11.5. The van der Waals surface area contributed by atoms with Crippen LogP contribution in [0, 0.1) is 0 Å². The van der Waals surface area contributed by atoms with Crippen LogP contribution in [-0.4, -0.2) is 18.7 Å². The van der Waals surface area contributed by atoms with E-state index in [0.717, 1.165) is 15.0 Å². The molecule has 98 valence electrons. The second-order valence-corrected chi connectivity index (χ2v) is 5.57. The van der Waals surface area contributed by atoms with E-state index in [4.69, 9.17) is 0 Å². The molecule has 1 amide bonds. The van der Waals surface area contributed by atoms with Crippen molar-refractivity contribution in [2.24, 2.45) is 5.10 Å². The quantitative estimate of drug-likeness (QED) is 0.650. The van der Waals surface area contributed by atoms with Gasteiger partial charge in [-0.25, -0.2) is 5.43 Å². The van der Waals surface area contributed by atoms with Crippen LogP contribution in [0.3, 0.4) is 0 Å². The lowest BCUT2D eigenvalue weighted by Crippen LogP contribution is -2.25. The van der Waals surface area contributed by atoms with Crippen molar-refractivity contribution in [3.63, 3.8) is 0 Å². The first-order valence-electron chi connectivity index (χ1n) is 5.59.